The SMILES string of the molecule is CCC(C)(CNC(C)(C)C)CN1CCCCC1C. The predicted molar refractivity (Wildman–Crippen MR) is 81.0 cm³/mol. The quantitative estimate of drug-likeness (QED) is 0.805. The summed E-state index contributed by atoms with van der Waals surface area (Å²) in [5.74, 6) is 0. The van der Waals surface area contributed by atoms with Crippen LogP contribution < -0.4 is 5.32 Å². The Morgan fingerprint density at radius 2 is 1.83 bits per heavy atom. The van der Waals surface area contributed by atoms with Gasteiger partial charge in [0.25, 0.3) is 0 Å². The summed E-state index contributed by atoms with van der Waals surface area (Å²) in [7, 11) is 0. The van der Waals surface area contributed by atoms with Gasteiger partial charge in [0.15, 0.2) is 0 Å². The molecule has 0 saturated carbocycles. The molecule has 1 N–H and O–H groups in total. The zero-order chi connectivity index (χ0) is 13.8. The Bertz CT molecular complexity index is 244. The van der Waals surface area contributed by atoms with Crippen LogP contribution in [0, 0.1) is 5.41 Å². The Hall–Kier alpha value is -0.0800. The van der Waals surface area contributed by atoms with Crippen LogP contribution in [0.2, 0.25) is 0 Å². The summed E-state index contributed by atoms with van der Waals surface area (Å²) in [6.45, 7) is 17.6. The molecule has 1 aliphatic rings. The molecule has 0 bridgehead atoms. The van der Waals surface area contributed by atoms with Gasteiger partial charge in [0.1, 0.15) is 0 Å². The third-order valence-electron chi connectivity index (χ3n) is 4.42. The van der Waals surface area contributed by atoms with Gasteiger partial charge in [0, 0.05) is 24.7 Å². The normalized spacial score (nSPS) is 26.0. The Morgan fingerprint density at radius 3 is 2.33 bits per heavy atom. The van der Waals surface area contributed by atoms with Gasteiger partial charge in [-0.3, -0.25) is 0 Å². The van der Waals surface area contributed by atoms with Crippen LogP contribution in [0.3, 0.4) is 0 Å². The second-order valence-electron chi connectivity index (χ2n) is 7.58. The zero-order valence-electron chi connectivity index (χ0n) is 13.5. The largest absolute Gasteiger partial charge is 0.311 e. The minimum absolute atomic E-state index is 0.226. The Kier molecular flexibility index (Phi) is 5.67. The summed E-state index contributed by atoms with van der Waals surface area (Å²) in [4.78, 5) is 2.71. The second-order valence-corrected chi connectivity index (χ2v) is 7.58. The molecule has 0 radical (unpaired) electrons. The summed E-state index contributed by atoms with van der Waals surface area (Å²) in [5, 5.41) is 3.69. The molecule has 1 saturated heterocycles. The minimum Gasteiger partial charge on any atom is -0.311 e. The van der Waals surface area contributed by atoms with Crippen molar-refractivity contribution in [3.63, 3.8) is 0 Å². The molecule has 18 heavy (non-hydrogen) atoms. The van der Waals surface area contributed by atoms with Crippen LogP contribution in [-0.4, -0.2) is 36.1 Å². The molecule has 0 aromatic rings. The Balaban J connectivity index is 2.52. The fraction of sp³-hybridized carbons (Fsp3) is 1.00. The first-order valence-electron chi connectivity index (χ1n) is 7.75. The van der Waals surface area contributed by atoms with E-state index in [4.69, 9.17) is 0 Å². The molecule has 0 spiro atoms. The van der Waals surface area contributed by atoms with Gasteiger partial charge < -0.3 is 10.2 Å². The highest BCUT2D eigenvalue weighted by molar-refractivity contribution is 4.85. The fourth-order valence-corrected chi connectivity index (χ4v) is 2.65. The lowest BCUT2D eigenvalue weighted by atomic mass is 9.84. The van der Waals surface area contributed by atoms with Gasteiger partial charge in [-0.05, 0) is 58.9 Å². The maximum atomic E-state index is 3.69. The van der Waals surface area contributed by atoms with Crippen LogP contribution in [0.25, 0.3) is 0 Å². The monoisotopic (exact) mass is 254 g/mol. The molecule has 0 amide bonds. The number of hydrogen-bond donors (Lipinski definition) is 1. The van der Waals surface area contributed by atoms with E-state index < -0.39 is 0 Å². The van der Waals surface area contributed by atoms with Crippen molar-refractivity contribution >= 4 is 0 Å². The molecule has 0 aromatic heterocycles. The lowest BCUT2D eigenvalue weighted by Crippen LogP contribution is -2.50. The van der Waals surface area contributed by atoms with Crippen molar-refractivity contribution < 1.29 is 0 Å². The molecule has 2 atom stereocenters. The first-order chi connectivity index (χ1) is 8.26. The highest BCUT2D eigenvalue weighted by atomic mass is 15.2. The van der Waals surface area contributed by atoms with Crippen molar-refractivity contribution in [2.24, 2.45) is 5.41 Å². The average molecular weight is 254 g/mol. The van der Waals surface area contributed by atoms with E-state index in [1.807, 2.05) is 0 Å². The molecule has 0 aromatic carbocycles. The summed E-state index contributed by atoms with van der Waals surface area (Å²) in [5.41, 5.74) is 0.628. The average Bonchev–Trinajstić information content (AvgIpc) is 2.29. The van der Waals surface area contributed by atoms with Gasteiger partial charge in [-0.15, -0.1) is 0 Å². The van der Waals surface area contributed by atoms with Crippen molar-refractivity contribution in [1.29, 1.82) is 0 Å². The molecule has 2 unspecified atom stereocenters. The topological polar surface area (TPSA) is 15.3 Å². The highest BCUT2D eigenvalue weighted by Gasteiger charge is 2.29. The third kappa shape index (κ3) is 5.27. The van der Waals surface area contributed by atoms with Crippen molar-refractivity contribution in [3.05, 3.63) is 0 Å². The van der Waals surface area contributed by atoms with Gasteiger partial charge in [-0.2, -0.15) is 0 Å². The molecular formula is C16H34N2. The van der Waals surface area contributed by atoms with Crippen molar-refractivity contribution in [3.8, 4) is 0 Å². The number of likely N-dealkylation sites (tertiary alicyclic amines) is 1. The smallest absolute Gasteiger partial charge is 0.00967 e. The lowest BCUT2D eigenvalue weighted by Gasteiger charge is -2.41. The predicted octanol–water partition coefficient (Wildman–Crippen LogP) is 3.67. The van der Waals surface area contributed by atoms with Gasteiger partial charge in [-0.1, -0.05) is 20.3 Å². The van der Waals surface area contributed by atoms with Gasteiger partial charge >= 0.3 is 0 Å². The maximum absolute atomic E-state index is 3.69. The maximum Gasteiger partial charge on any atom is 0.00967 e. The van der Waals surface area contributed by atoms with E-state index in [1.54, 1.807) is 0 Å². The third-order valence-corrected chi connectivity index (χ3v) is 4.42. The van der Waals surface area contributed by atoms with Crippen LogP contribution in [0.4, 0.5) is 0 Å². The number of rotatable bonds is 5. The van der Waals surface area contributed by atoms with Gasteiger partial charge in [0.2, 0.25) is 0 Å². The first-order valence-corrected chi connectivity index (χ1v) is 7.75. The Morgan fingerprint density at radius 1 is 1.17 bits per heavy atom. The summed E-state index contributed by atoms with van der Waals surface area (Å²) >= 11 is 0. The molecule has 2 heteroatoms. The van der Waals surface area contributed by atoms with E-state index in [1.165, 1.54) is 38.8 Å². The summed E-state index contributed by atoms with van der Waals surface area (Å²) in [6.07, 6.45) is 5.43. The molecule has 1 fully saturated rings. The highest BCUT2D eigenvalue weighted by Crippen LogP contribution is 2.26. The Labute approximate surface area is 115 Å². The molecule has 1 rings (SSSR count). The number of piperidine rings is 1. The molecule has 108 valence electrons. The van der Waals surface area contributed by atoms with Gasteiger partial charge in [-0.25, -0.2) is 0 Å². The van der Waals surface area contributed by atoms with E-state index >= 15 is 0 Å². The first kappa shape index (κ1) is 16.0. The molecule has 2 nitrogen and oxygen atoms in total. The van der Waals surface area contributed by atoms with Crippen LogP contribution in [-0.2, 0) is 0 Å². The molecule has 1 aliphatic heterocycles. The summed E-state index contributed by atoms with van der Waals surface area (Å²) < 4.78 is 0. The second kappa shape index (κ2) is 6.38. The van der Waals surface area contributed by atoms with E-state index in [-0.39, 0.29) is 5.54 Å². The van der Waals surface area contributed by atoms with Crippen LogP contribution in [0.15, 0.2) is 0 Å². The van der Waals surface area contributed by atoms with Crippen LogP contribution in [0.5, 0.6) is 0 Å². The molecular weight excluding hydrogens is 220 g/mol. The molecule has 0 aliphatic carbocycles. The van der Waals surface area contributed by atoms with Gasteiger partial charge in [0.05, 0.1) is 0 Å². The fourth-order valence-electron chi connectivity index (χ4n) is 2.65. The lowest BCUT2D eigenvalue weighted by molar-refractivity contribution is 0.0891. The number of nitrogens with one attached hydrogen (secondary N) is 1. The van der Waals surface area contributed by atoms with E-state index in [0.29, 0.717) is 5.41 Å². The van der Waals surface area contributed by atoms with Crippen molar-refractivity contribution in [2.45, 2.75) is 78.8 Å². The van der Waals surface area contributed by atoms with E-state index in [0.717, 1.165) is 12.6 Å². The molecule has 1 heterocycles. The minimum atomic E-state index is 0.226. The van der Waals surface area contributed by atoms with Crippen LogP contribution in [0.1, 0.15) is 67.2 Å². The van der Waals surface area contributed by atoms with Crippen LogP contribution >= 0.6 is 0 Å². The standard InChI is InChI=1S/C16H34N2/c1-7-16(6,12-17-15(3,4)5)13-18-11-9-8-10-14(18)2/h14,17H,7-13H2,1-6H3. The van der Waals surface area contributed by atoms with Crippen molar-refractivity contribution in [2.75, 3.05) is 19.6 Å². The zero-order valence-corrected chi connectivity index (χ0v) is 13.5. The van der Waals surface area contributed by atoms with Crippen molar-refractivity contribution in [1.82, 2.24) is 10.2 Å². The number of nitrogens with zero attached hydrogens (tertiary/aromatic N) is 1. The number of hydrogen-bond acceptors (Lipinski definition) is 2. The van der Waals surface area contributed by atoms with E-state index in [9.17, 15) is 0 Å². The summed E-state index contributed by atoms with van der Waals surface area (Å²) in [6, 6.07) is 0.777. The van der Waals surface area contributed by atoms with E-state index in [2.05, 4.69) is 51.8 Å².